The van der Waals surface area contributed by atoms with Gasteiger partial charge in [-0.3, -0.25) is 9.36 Å². The first-order chi connectivity index (χ1) is 12.1. The number of hydrogen-bond acceptors (Lipinski definition) is 4. The lowest BCUT2D eigenvalue weighted by molar-refractivity contribution is 0.570. The van der Waals surface area contributed by atoms with Crippen LogP contribution in [-0.4, -0.2) is 24.5 Å². The third-order valence-corrected chi connectivity index (χ3v) is 3.82. The van der Waals surface area contributed by atoms with E-state index >= 15 is 0 Å². The topological polar surface area (TPSA) is 60.6 Å². The Morgan fingerprint density at radius 3 is 2.76 bits per heavy atom. The molecule has 0 amide bonds. The standard InChI is InChI=1S/C17H14F2N6/c1-24-5-4-16(23-24)22-17-7-15-12(8-20-17)9-21-25(15)10-11-6-13(18)2-3-14(11)19/h2-9H,10H2,1H3,(H,20,22,23). The number of hydrogen-bond donors (Lipinski definition) is 1. The number of nitrogens with one attached hydrogen (secondary N) is 1. The molecule has 0 unspecified atom stereocenters. The number of rotatable bonds is 4. The molecule has 25 heavy (non-hydrogen) atoms. The molecule has 4 rings (SSSR count). The second-order valence-corrected chi connectivity index (χ2v) is 5.67. The summed E-state index contributed by atoms with van der Waals surface area (Å²) in [6.07, 6.45) is 5.13. The summed E-state index contributed by atoms with van der Waals surface area (Å²) in [6, 6.07) is 7.02. The summed E-state index contributed by atoms with van der Waals surface area (Å²) in [5, 5.41) is 12.4. The van der Waals surface area contributed by atoms with Crippen molar-refractivity contribution in [1.29, 1.82) is 0 Å². The largest absolute Gasteiger partial charge is 0.323 e. The van der Waals surface area contributed by atoms with Crippen LogP contribution in [0.4, 0.5) is 20.4 Å². The number of nitrogens with zero attached hydrogens (tertiary/aromatic N) is 5. The van der Waals surface area contributed by atoms with Gasteiger partial charge in [0.05, 0.1) is 18.3 Å². The highest BCUT2D eigenvalue weighted by Gasteiger charge is 2.10. The second kappa shape index (κ2) is 5.97. The average molecular weight is 340 g/mol. The van der Waals surface area contributed by atoms with E-state index in [0.717, 1.165) is 23.0 Å². The molecule has 0 bridgehead atoms. The zero-order valence-corrected chi connectivity index (χ0v) is 13.3. The van der Waals surface area contributed by atoms with Crippen LogP contribution in [0, 0.1) is 11.6 Å². The molecule has 3 aromatic heterocycles. The number of benzene rings is 1. The molecule has 1 aromatic carbocycles. The van der Waals surface area contributed by atoms with Crippen molar-refractivity contribution >= 4 is 22.5 Å². The summed E-state index contributed by atoms with van der Waals surface area (Å²) in [5.41, 5.74) is 0.998. The van der Waals surface area contributed by atoms with Crippen molar-refractivity contribution in [2.45, 2.75) is 6.54 Å². The minimum Gasteiger partial charge on any atom is -0.323 e. The summed E-state index contributed by atoms with van der Waals surface area (Å²) in [4.78, 5) is 4.32. The molecule has 0 aliphatic rings. The molecule has 0 aliphatic heterocycles. The van der Waals surface area contributed by atoms with Crippen LogP contribution in [-0.2, 0) is 13.6 Å². The zero-order chi connectivity index (χ0) is 17.4. The smallest absolute Gasteiger partial charge is 0.153 e. The Bertz CT molecular complexity index is 1050. The zero-order valence-electron chi connectivity index (χ0n) is 13.3. The van der Waals surface area contributed by atoms with Gasteiger partial charge >= 0.3 is 0 Å². The summed E-state index contributed by atoms with van der Waals surface area (Å²) in [6.45, 7) is 0.125. The minimum absolute atomic E-state index is 0.125. The molecule has 0 fully saturated rings. The van der Waals surface area contributed by atoms with E-state index in [1.54, 1.807) is 27.8 Å². The predicted octanol–water partition coefficient (Wildman–Crippen LogP) is 3.23. The number of anilines is 2. The number of aromatic nitrogens is 5. The summed E-state index contributed by atoms with van der Waals surface area (Å²) < 4.78 is 30.5. The Morgan fingerprint density at radius 1 is 1.08 bits per heavy atom. The minimum atomic E-state index is -0.480. The first-order valence-corrected chi connectivity index (χ1v) is 7.61. The van der Waals surface area contributed by atoms with Gasteiger partial charge in [0.25, 0.3) is 0 Å². The fourth-order valence-corrected chi connectivity index (χ4v) is 2.61. The monoisotopic (exact) mass is 340 g/mol. The van der Waals surface area contributed by atoms with Gasteiger partial charge in [0.2, 0.25) is 0 Å². The fourth-order valence-electron chi connectivity index (χ4n) is 2.61. The number of aryl methyl sites for hydroxylation is 1. The molecule has 0 saturated carbocycles. The van der Waals surface area contributed by atoms with Crippen LogP contribution < -0.4 is 5.32 Å². The maximum Gasteiger partial charge on any atom is 0.153 e. The van der Waals surface area contributed by atoms with Gasteiger partial charge in [0, 0.05) is 42.5 Å². The van der Waals surface area contributed by atoms with Crippen molar-refractivity contribution in [2.24, 2.45) is 7.05 Å². The lowest BCUT2D eigenvalue weighted by Crippen LogP contribution is -2.04. The van der Waals surface area contributed by atoms with Crippen LogP contribution in [0.25, 0.3) is 10.9 Å². The van der Waals surface area contributed by atoms with Gasteiger partial charge in [0.15, 0.2) is 5.82 Å². The van der Waals surface area contributed by atoms with Crippen molar-refractivity contribution in [3.8, 4) is 0 Å². The molecule has 0 spiro atoms. The van der Waals surface area contributed by atoms with E-state index in [9.17, 15) is 8.78 Å². The maximum atomic E-state index is 13.9. The van der Waals surface area contributed by atoms with Gasteiger partial charge in [0.1, 0.15) is 17.5 Å². The van der Waals surface area contributed by atoms with Gasteiger partial charge in [-0.2, -0.15) is 10.2 Å². The molecular formula is C17H14F2N6. The van der Waals surface area contributed by atoms with E-state index in [1.807, 2.05) is 19.3 Å². The second-order valence-electron chi connectivity index (χ2n) is 5.67. The van der Waals surface area contributed by atoms with Crippen LogP contribution in [0.3, 0.4) is 0 Å². The molecule has 8 heteroatoms. The van der Waals surface area contributed by atoms with E-state index in [1.165, 1.54) is 6.07 Å². The van der Waals surface area contributed by atoms with Crippen molar-refractivity contribution in [3.05, 3.63) is 66.1 Å². The molecule has 0 atom stereocenters. The summed E-state index contributed by atoms with van der Waals surface area (Å²) in [7, 11) is 1.82. The number of fused-ring (bicyclic) bond motifs is 1. The Kier molecular flexibility index (Phi) is 3.64. The molecular weight excluding hydrogens is 326 g/mol. The van der Waals surface area contributed by atoms with Crippen LogP contribution >= 0.6 is 0 Å². The van der Waals surface area contributed by atoms with E-state index < -0.39 is 11.6 Å². The van der Waals surface area contributed by atoms with E-state index in [2.05, 4.69) is 20.5 Å². The number of halogens is 2. The van der Waals surface area contributed by atoms with Gasteiger partial charge < -0.3 is 5.32 Å². The quantitative estimate of drug-likeness (QED) is 0.620. The first-order valence-electron chi connectivity index (χ1n) is 7.61. The van der Waals surface area contributed by atoms with Gasteiger partial charge in [-0.05, 0) is 18.2 Å². The van der Waals surface area contributed by atoms with Crippen molar-refractivity contribution in [3.63, 3.8) is 0 Å². The van der Waals surface area contributed by atoms with Crippen molar-refractivity contribution in [2.75, 3.05) is 5.32 Å². The molecule has 126 valence electrons. The molecule has 0 saturated heterocycles. The summed E-state index contributed by atoms with van der Waals surface area (Å²) >= 11 is 0. The normalized spacial score (nSPS) is 11.2. The van der Waals surface area contributed by atoms with Crippen LogP contribution in [0.15, 0.2) is 48.9 Å². The lowest BCUT2D eigenvalue weighted by atomic mass is 10.2. The third-order valence-electron chi connectivity index (χ3n) is 3.82. The van der Waals surface area contributed by atoms with Crippen molar-refractivity contribution < 1.29 is 8.78 Å². The summed E-state index contributed by atoms with van der Waals surface area (Å²) in [5.74, 6) is 0.308. The highest BCUT2D eigenvalue weighted by Crippen LogP contribution is 2.20. The predicted molar refractivity (Wildman–Crippen MR) is 89.5 cm³/mol. The maximum absolute atomic E-state index is 13.9. The average Bonchev–Trinajstić information content (AvgIpc) is 3.17. The Balaban J connectivity index is 1.67. The third kappa shape index (κ3) is 3.06. The molecule has 3 heterocycles. The Labute approximate surface area is 141 Å². The highest BCUT2D eigenvalue weighted by atomic mass is 19.1. The SMILES string of the molecule is Cn1ccc(Nc2cc3c(cn2)cnn3Cc2cc(F)ccc2F)n1. The molecule has 0 radical (unpaired) electrons. The van der Waals surface area contributed by atoms with Crippen LogP contribution in [0.1, 0.15) is 5.56 Å². The van der Waals surface area contributed by atoms with E-state index in [4.69, 9.17) is 0 Å². The lowest BCUT2D eigenvalue weighted by Gasteiger charge is -2.07. The number of pyridine rings is 1. The van der Waals surface area contributed by atoms with Crippen LogP contribution in [0.5, 0.6) is 0 Å². The first kappa shape index (κ1) is 15.3. The van der Waals surface area contributed by atoms with Crippen molar-refractivity contribution in [1.82, 2.24) is 24.5 Å². The van der Waals surface area contributed by atoms with Crippen LogP contribution in [0.2, 0.25) is 0 Å². The fraction of sp³-hybridized carbons (Fsp3) is 0.118. The molecule has 0 aliphatic carbocycles. The highest BCUT2D eigenvalue weighted by molar-refractivity contribution is 5.80. The Hall–Kier alpha value is -3.29. The van der Waals surface area contributed by atoms with Gasteiger partial charge in [-0.25, -0.2) is 13.8 Å². The molecule has 1 N–H and O–H groups in total. The van der Waals surface area contributed by atoms with Gasteiger partial charge in [-0.1, -0.05) is 0 Å². The van der Waals surface area contributed by atoms with E-state index in [-0.39, 0.29) is 12.1 Å². The Morgan fingerprint density at radius 2 is 1.96 bits per heavy atom. The van der Waals surface area contributed by atoms with Gasteiger partial charge in [-0.15, -0.1) is 0 Å². The molecule has 4 aromatic rings. The van der Waals surface area contributed by atoms with E-state index in [0.29, 0.717) is 11.6 Å². The molecule has 6 nitrogen and oxygen atoms in total.